The Morgan fingerprint density at radius 1 is 1.00 bits per heavy atom. The van der Waals surface area contributed by atoms with E-state index in [0.717, 1.165) is 31.4 Å². The number of fused-ring (bicyclic) bond motifs is 1. The van der Waals surface area contributed by atoms with Crippen molar-refractivity contribution in [2.45, 2.75) is 83.3 Å². The van der Waals surface area contributed by atoms with E-state index in [4.69, 9.17) is 4.42 Å². The molecule has 3 heterocycles. The van der Waals surface area contributed by atoms with Gasteiger partial charge in [-0.3, -0.25) is 9.59 Å². The van der Waals surface area contributed by atoms with Gasteiger partial charge in [0.15, 0.2) is 0 Å². The molecule has 2 aliphatic rings. The molecule has 1 saturated carbocycles. The molecular formula is C30H37N3O3. The summed E-state index contributed by atoms with van der Waals surface area (Å²) in [6, 6.07) is 15.9. The maximum atomic E-state index is 14.0. The number of aromatic nitrogens is 1. The number of aryl methyl sites for hydroxylation is 1. The maximum absolute atomic E-state index is 14.0. The Bertz CT molecular complexity index is 1200. The second kappa shape index (κ2) is 10.4. The second-order valence-electron chi connectivity index (χ2n) is 10.6. The molecule has 6 heteroatoms. The molecule has 0 radical (unpaired) electrons. The largest absolute Gasteiger partial charge is 0.463 e. The number of carbonyl (C=O) groups excluding carboxylic acids is 2. The van der Waals surface area contributed by atoms with Gasteiger partial charge in [-0.1, -0.05) is 56.4 Å². The standard InChI is InChI=1S/C30H37N3O3/c1-22-11-8-9-12-23(22)18-19-33-28(34)26-17-16-25(27-15-10-20-36-27)32(26)21-30(33,2)29(35)31-24-13-6-4-3-5-7-14-24/h8-12,15-17,20,24H,3-7,13-14,18-19,21H2,1-2H3,(H,31,35)/t30-/m0/s1. The zero-order chi connectivity index (χ0) is 25.1. The van der Waals surface area contributed by atoms with Crippen LogP contribution in [0.5, 0.6) is 0 Å². The summed E-state index contributed by atoms with van der Waals surface area (Å²) in [6.07, 6.45) is 10.4. The predicted octanol–water partition coefficient (Wildman–Crippen LogP) is 5.74. The van der Waals surface area contributed by atoms with E-state index in [9.17, 15) is 9.59 Å². The van der Waals surface area contributed by atoms with Crippen LogP contribution in [0.2, 0.25) is 0 Å². The number of hydrogen-bond acceptors (Lipinski definition) is 3. The smallest absolute Gasteiger partial charge is 0.271 e. The molecule has 0 spiro atoms. The highest BCUT2D eigenvalue weighted by Crippen LogP contribution is 2.34. The van der Waals surface area contributed by atoms with E-state index in [2.05, 4.69) is 24.4 Å². The molecule has 36 heavy (non-hydrogen) atoms. The average molecular weight is 488 g/mol. The van der Waals surface area contributed by atoms with Gasteiger partial charge in [-0.15, -0.1) is 0 Å². The molecule has 1 aliphatic carbocycles. The van der Waals surface area contributed by atoms with Gasteiger partial charge in [0.1, 0.15) is 17.0 Å². The summed E-state index contributed by atoms with van der Waals surface area (Å²) in [5, 5.41) is 3.36. The van der Waals surface area contributed by atoms with Crippen LogP contribution in [0.4, 0.5) is 0 Å². The molecule has 0 unspecified atom stereocenters. The molecule has 190 valence electrons. The fraction of sp³-hybridized carbons (Fsp3) is 0.467. The van der Waals surface area contributed by atoms with Crippen molar-refractivity contribution in [2.75, 3.05) is 6.54 Å². The molecule has 0 bridgehead atoms. The summed E-state index contributed by atoms with van der Waals surface area (Å²) in [4.78, 5) is 29.7. The van der Waals surface area contributed by atoms with Crippen molar-refractivity contribution < 1.29 is 14.0 Å². The van der Waals surface area contributed by atoms with Crippen molar-refractivity contribution in [3.63, 3.8) is 0 Å². The number of hydrogen-bond donors (Lipinski definition) is 1. The van der Waals surface area contributed by atoms with Crippen molar-refractivity contribution in [3.8, 4) is 11.5 Å². The number of rotatable bonds is 6. The monoisotopic (exact) mass is 487 g/mol. The zero-order valence-electron chi connectivity index (χ0n) is 21.5. The van der Waals surface area contributed by atoms with Crippen molar-refractivity contribution in [3.05, 3.63) is 71.6 Å². The van der Waals surface area contributed by atoms with Crippen LogP contribution >= 0.6 is 0 Å². The topological polar surface area (TPSA) is 67.5 Å². The quantitative estimate of drug-likeness (QED) is 0.482. The van der Waals surface area contributed by atoms with Gasteiger partial charge < -0.3 is 19.2 Å². The molecule has 1 fully saturated rings. The fourth-order valence-electron chi connectivity index (χ4n) is 5.83. The molecule has 0 saturated heterocycles. The molecule has 1 N–H and O–H groups in total. The minimum atomic E-state index is -1.00. The Morgan fingerprint density at radius 3 is 2.44 bits per heavy atom. The van der Waals surface area contributed by atoms with E-state index in [-0.39, 0.29) is 17.9 Å². The third-order valence-corrected chi connectivity index (χ3v) is 8.08. The predicted molar refractivity (Wildman–Crippen MR) is 141 cm³/mol. The van der Waals surface area contributed by atoms with E-state index in [1.54, 1.807) is 11.2 Å². The molecule has 5 rings (SSSR count). The summed E-state index contributed by atoms with van der Waals surface area (Å²) in [5.41, 5.74) is 2.82. The number of benzene rings is 1. The van der Waals surface area contributed by atoms with Crippen LogP contribution < -0.4 is 5.32 Å². The summed E-state index contributed by atoms with van der Waals surface area (Å²) in [5.74, 6) is 0.532. The molecule has 1 aromatic carbocycles. The number of nitrogens with zero attached hydrogens (tertiary/aromatic N) is 2. The van der Waals surface area contributed by atoms with Crippen LogP contribution in [0.25, 0.3) is 11.5 Å². The van der Waals surface area contributed by atoms with Crippen LogP contribution in [0.1, 0.15) is 73.5 Å². The van der Waals surface area contributed by atoms with Gasteiger partial charge in [-0.05, 0) is 68.5 Å². The van der Waals surface area contributed by atoms with Crippen LogP contribution in [-0.2, 0) is 17.8 Å². The lowest BCUT2D eigenvalue weighted by molar-refractivity contribution is -0.133. The lowest BCUT2D eigenvalue weighted by atomic mass is 9.91. The maximum Gasteiger partial charge on any atom is 0.271 e. The Morgan fingerprint density at radius 2 is 1.72 bits per heavy atom. The lowest BCUT2D eigenvalue weighted by Crippen LogP contribution is -2.65. The highest BCUT2D eigenvalue weighted by atomic mass is 16.3. The normalized spacial score (nSPS) is 21.1. The Hall–Kier alpha value is -3.28. The molecule has 1 aliphatic heterocycles. The van der Waals surface area contributed by atoms with Crippen molar-refractivity contribution in [1.29, 1.82) is 0 Å². The van der Waals surface area contributed by atoms with E-state index in [0.29, 0.717) is 31.0 Å². The average Bonchev–Trinajstić information content (AvgIpc) is 3.51. The van der Waals surface area contributed by atoms with Gasteiger partial charge in [0.05, 0.1) is 18.5 Å². The Labute approximate surface area is 213 Å². The second-order valence-corrected chi connectivity index (χ2v) is 10.6. The third kappa shape index (κ3) is 4.73. The van der Waals surface area contributed by atoms with E-state index in [1.807, 2.05) is 47.9 Å². The summed E-state index contributed by atoms with van der Waals surface area (Å²) in [6.45, 7) is 4.90. The van der Waals surface area contributed by atoms with Crippen LogP contribution in [0, 0.1) is 6.92 Å². The number of furan rings is 1. The first-order chi connectivity index (χ1) is 17.5. The first-order valence-corrected chi connectivity index (χ1v) is 13.4. The molecule has 2 aromatic heterocycles. The third-order valence-electron chi connectivity index (χ3n) is 8.08. The summed E-state index contributed by atoms with van der Waals surface area (Å²) >= 11 is 0. The first kappa shape index (κ1) is 24.4. The molecule has 2 amide bonds. The summed E-state index contributed by atoms with van der Waals surface area (Å²) in [7, 11) is 0. The Balaban J connectivity index is 1.46. The van der Waals surface area contributed by atoms with E-state index in [1.165, 1.54) is 30.4 Å². The number of amides is 2. The van der Waals surface area contributed by atoms with E-state index >= 15 is 0 Å². The molecule has 1 atom stereocenters. The Kier molecular flexibility index (Phi) is 7.04. The number of nitrogens with one attached hydrogen (secondary N) is 1. The SMILES string of the molecule is Cc1ccccc1CCN1C(=O)c2ccc(-c3ccco3)n2C[C@@]1(C)C(=O)NC1CCCCCCC1. The van der Waals surface area contributed by atoms with Crippen molar-refractivity contribution >= 4 is 11.8 Å². The van der Waals surface area contributed by atoms with Gasteiger partial charge >= 0.3 is 0 Å². The highest BCUT2D eigenvalue weighted by molar-refractivity contribution is 6.00. The van der Waals surface area contributed by atoms with Gasteiger partial charge in [-0.25, -0.2) is 0 Å². The van der Waals surface area contributed by atoms with Crippen molar-refractivity contribution in [1.82, 2.24) is 14.8 Å². The lowest BCUT2D eigenvalue weighted by Gasteiger charge is -2.45. The zero-order valence-corrected chi connectivity index (χ0v) is 21.5. The van der Waals surface area contributed by atoms with E-state index < -0.39 is 5.54 Å². The highest BCUT2D eigenvalue weighted by Gasteiger charge is 2.48. The van der Waals surface area contributed by atoms with Crippen LogP contribution in [0.3, 0.4) is 0 Å². The number of carbonyl (C=O) groups is 2. The molecule has 6 nitrogen and oxygen atoms in total. The van der Waals surface area contributed by atoms with Crippen molar-refractivity contribution in [2.24, 2.45) is 0 Å². The summed E-state index contributed by atoms with van der Waals surface area (Å²) < 4.78 is 7.62. The molecule has 3 aromatic rings. The van der Waals surface area contributed by atoms with Crippen LogP contribution in [-0.4, -0.2) is 39.4 Å². The van der Waals surface area contributed by atoms with Crippen LogP contribution in [0.15, 0.2) is 59.2 Å². The van der Waals surface area contributed by atoms with Gasteiger partial charge in [0.25, 0.3) is 5.91 Å². The minimum Gasteiger partial charge on any atom is -0.463 e. The van der Waals surface area contributed by atoms with Gasteiger partial charge in [-0.2, -0.15) is 0 Å². The molecular weight excluding hydrogens is 450 g/mol. The fourth-order valence-corrected chi connectivity index (χ4v) is 5.83. The minimum absolute atomic E-state index is 0.0593. The van der Waals surface area contributed by atoms with Gasteiger partial charge in [0, 0.05) is 12.6 Å². The van der Waals surface area contributed by atoms with Gasteiger partial charge in [0.2, 0.25) is 5.91 Å². The first-order valence-electron chi connectivity index (χ1n) is 13.4.